The molecule has 5 heteroatoms. The summed E-state index contributed by atoms with van der Waals surface area (Å²) in [4.78, 5) is 13.7. The normalized spacial score (nSPS) is 21.6. The average Bonchev–Trinajstić information content (AvgIpc) is 2.36. The molecule has 1 aliphatic carbocycles. The summed E-state index contributed by atoms with van der Waals surface area (Å²) < 4.78 is 4.71. The molecule has 0 bridgehead atoms. The Morgan fingerprint density at radius 3 is 2.79 bits per heavy atom. The van der Waals surface area contributed by atoms with Gasteiger partial charge in [0.2, 0.25) is 0 Å². The van der Waals surface area contributed by atoms with Gasteiger partial charge in [-0.1, -0.05) is 0 Å². The number of aliphatic hydroxyl groups excluding tert-OH is 1. The van der Waals surface area contributed by atoms with Crippen LogP contribution in [0.25, 0.3) is 0 Å². The van der Waals surface area contributed by atoms with Crippen LogP contribution in [-0.4, -0.2) is 37.9 Å². The maximum atomic E-state index is 11.6. The fourth-order valence-corrected chi connectivity index (χ4v) is 2.41. The summed E-state index contributed by atoms with van der Waals surface area (Å²) >= 11 is 0. The fraction of sp³-hybridized carbons (Fsp3) is 0.500. The number of nitrogen functional groups attached to an aromatic ring is 1. The Balaban J connectivity index is 2.09. The number of nitrogens with two attached hydrogens (primary N) is 1. The van der Waals surface area contributed by atoms with Crippen molar-refractivity contribution >= 4 is 17.3 Å². The third kappa shape index (κ3) is 2.98. The quantitative estimate of drug-likeness (QED) is 0.632. The van der Waals surface area contributed by atoms with Crippen LogP contribution in [0.15, 0.2) is 18.2 Å². The first-order chi connectivity index (χ1) is 9.01. The maximum absolute atomic E-state index is 11.6. The summed E-state index contributed by atoms with van der Waals surface area (Å²) in [5.41, 5.74) is 7.51. The lowest BCUT2D eigenvalue weighted by atomic mass is 9.82. The molecular weight excluding hydrogens is 244 g/mol. The van der Waals surface area contributed by atoms with Gasteiger partial charge in [0.15, 0.2) is 0 Å². The predicted octanol–water partition coefficient (Wildman–Crippen LogP) is 1.26. The van der Waals surface area contributed by atoms with Gasteiger partial charge in [0.05, 0.1) is 18.8 Å². The van der Waals surface area contributed by atoms with Crippen molar-refractivity contribution in [2.45, 2.75) is 18.9 Å². The summed E-state index contributed by atoms with van der Waals surface area (Å²) in [6, 6.07) is 5.35. The van der Waals surface area contributed by atoms with Crippen LogP contribution < -0.4 is 10.6 Å². The van der Waals surface area contributed by atoms with Gasteiger partial charge in [-0.25, -0.2) is 4.79 Å². The third-order valence-corrected chi connectivity index (χ3v) is 3.63. The summed E-state index contributed by atoms with van der Waals surface area (Å²) in [5.74, 6) is 0.0888. The minimum Gasteiger partial charge on any atom is -0.465 e. The van der Waals surface area contributed by atoms with E-state index in [1.807, 2.05) is 13.1 Å². The molecule has 3 N–H and O–H groups in total. The fourth-order valence-electron chi connectivity index (χ4n) is 2.41. The van der Waals surface area contributed by atoms with Crippen LogP contribution in [0.4, 0.5) is 11.4 Å². The van der Waals surface area contributed by atoms with E-state index in [1.54, 1.807) is 12.1 Å². The van der Waals surface area contributed by atoms with Gasteiger partial charge in [-0.3, -0.25) is 0 Å². The van der Waals surface area contributed by atoms with Crippen LogP contribution in [0.2, 0.25) is 0 Å². The highest BCUT2D eigenvalue weighted by Gasteiger charge is 2.28. The summed E-state index contributed by atoms with van der Waals surface area (Å²) in [5, 5.41) is 9.29. The lowest BCUT2D eigenvalue weighted by Crippen LogP contribution is -2.37. The second kappa shape index (κ2) is 5.48. The van der Waals surface area contributed by atoms with Crippen LogP contribution in [0.5, 0.6) is 0 Å². The Kier molecular flexibility index (Phi) is 3.95. The molecule has 0 unspecified atom stereocenters. The van der Waals surface area contributed by atoms with Crippen LogP contribution >= 0.6 is 0 Å². The van der Waals surface area contributed by atoms with Gasteiger partial charge in [-0.15, -0.1) is 0 Å². The first kappa shape index (κ1) is 13.7. The number of hydrogen-bond acceptors (Lipinski definition) is 5. The first-order valence-electron chi connectivity index (χ1n) is 6.38. The molecule has 0 aliphatic heterocycles. The molecule has 0 radical (unpaired) electrons. The lowest BCUT2D eigenvalue weighted by Gasteiger charge is -2.35. The van der Waals surface area contributed by atoms with E-state index in [0.29, 0.717) is 17.2 Å². The summed E-state index contributed by atoms with van der Waals surface area (Å²) in [6.07, 6.45) is 1.56. The number of anilines is 2. The van der Waals surface area contributed by atoms with Gasteiger partial charge >= 0.3 is 5.97 Å². The maximum Gasteiger partial charge on any atom is 0.340 e. The smallest absolute Gasteiger partial charge is 0.340 e. The molecule has 2 rings (SSSR count). The lowest BCUT2D eigenvalue weighted by molar-refractivity contribution is 0.0465. The van der Waals surface area contributed by atoms with Crippen molar-refractivity contribution in [2.24, 2.45) is 5.92 Å². The first-order valence-corrected chi connectivity index (χ1v) is 6.38. The highest BCUT2D eigenvalue weighted by molar-refractivity contribution is 5.96. The van der Waals surface area contributed by atoms with Crippen LogP contribution in [-0.2, 0) is 4.74 Å². The predicted molar refractivity (Wildman–Crippen MR) is 74.2 cm³/mol. The van der Waals surface area contributed by atoms with Gasteiger partial charge < -0.3 is 20.5 Å². The van der Waals surface area contributed by atoms with Crippen molar-refractivity contribution in [3.8, 4) is 0 Å². The number of esters is 1. The monoisotopic (exact) mass is 264 g/mol. The molecule has 104 valence electrons. The van der Waals surface area contributed by atoms with E-state index in [-0.39, 0.29) is 6.10 Å². The van der Waals surface area contributed by atoms with Crippen LogP contribution in [0, 0.1) is 5.92 Å². The number of rotatable bonds is 4. The molecule has 1 fully saturated rings. The Morgan fingerprint density at radius 1 is 1.53 bits per heavy atom. The number of carbonyl (C=O) groups excluding carboxylic acids is 1. The number of carbonyl (C=O) groups is 1. The molecule has 0 amide bonds. The minimum atomic E-state index is -0.424. The second-order valence-electron chi connectivity index (χ2n) is 5.13. The van der Waals surface area contributed by atoms with E-state index < -0.39 is 5.97 Å². The standard InChI is InChI=1S/C14H20N2O3/c1-16(8-9-5-11(17)6-9)10-3-4-13(15)12(7-10)14(18)19-2/h3-4,7,9,11,17H,5-6,8,15H2,1-2H3. The SMILES string of the molecule is COC(=O)c1cc(N(C)CC2CC(O)C2)ccc1N. The third-order valence-electron chi connectivity index (χ3n) is 3.63. The molecule has 0 spiro atoms. The Hall–Kier alpha value is -1.75. The molecule has 1 aliphatic rings. The van der Waals surface area contributed by atoms with Crippen molar-refractivity contribution < 1.29 is 14.6 Å². The van der Waals surface area contributed by atoms with E-state index in [9.17, 15) is 9.90 Å². The van der Waals surface area contributed by atoms with E-state index in [0.717, 1.165) is 25.1 Å². The van der Waals surface area contributed by atoms with Gasteiger partial charge in [-0.2, -0.15) is 0 Å². The summed E-state index contributed by atoms with van der Waals surface area (Å²) in [6.45, 7) is 0.863. The van der Waals surface area contributed by atoms with Gasteiger partial charge in [0.1, 0.15) is 0 Å². The molecule has 0 heterocycles. The molecule has 1 aromatic rings. The number of ether oxygens (including phenoxy) is 1. The average molecular weight is 264 g/mol. The van der Waals surface area contributed by atoms with E-state index in [2.05, 4.69) is 4.90 Å². The highest BCUT2D eigenvalue weighted by atomic mass is 16.5. The number of benzene rings is 1. The van der Waals surface area contributed by atoms with Crippen LogP contribution in [0.3, 0.4) is 0 Å². The molecule has 0 atom stereocenters. The molecule has 1 saturated carbocycles. The number of aliphatic hydroxyl groups is 1. The van der Waals surface area contributed by atoms with Gasteiger partial charge in [-0.05, 0) is 37.0 Å². The van der Waals surface area contributed by atoms with E-state index in [1.165, 1.54) is 7.11 Å². The molecule has 0 aromatic heterocycles. The van der Waals surface area contributed by atoms with Crippen molar-refractivity contribution in [1.82, 2.24) is 0 Å². The number of hydrogen-bond donors (Lipinski definition) is 2. The van der Waals surface area contributed by atoms with Crippen molar-refractivity contribution in [3.05, 3.63) is 23.8 Å². The van der Waals surface area contributed by atoms with E-state index >= 15 is 0 Å². The summed E-state index contributed by atoms with van der Waals surface area (Å²) in [7, 11) is 3.31. The van der Waals surface area contributed by atoms with E-state index in [4.69, 9.17) is 10.5 Å². The molecule has 0 saturated heterocycles. The zero-order valence-corrected chi connectivity index (χ0v) is 11.3. The Bertz CT molecular complexity index is 470. The molecule has 19 heavy (non-hydrogen) atoms. The van der Waals surface area contributed by atoms with Crippen LogP contribution in [0.1, 0.15) is 23.2 Å². The van der Waals surface area contributed by atoms with Gasteiger partial charge in [0, 0.05) is 25.0 Å². The Morgan fingerprint density at radius 2 is 2.21 bits per heavy atom. The second-order valence-corrected chi connectivity index (χ2v) is 5.13. The largest absolute Gasteiger partial charge is 0.465 e. The molecular formula is C14H20N2O3. The number of nitrogens with zero attached hydrogens (tertiary/aromatic N) is 1. The zero-order chi connectivity index (χ0) is 14.0. The minimum absolute atomic E-state index is 0.143. The van der Waals surface area contributed by atoms with Crippen molar-refractivity contribution in [3.63, 3.8) is 0 Å². The highest BCUT2D eigenvalue weighted by Crippen LogP contribution is 2.29. The van der Waals surface area contributed by atoms with Crippen molar-refractivity contribution in [2.75, 3.05) is 31.3 Å². The molecule has 5 nitrogen and oxygen atoms in total. The Labute approximate surface area is 113 Å². The topological polar surface area (TPSA) is 75.8 Å². The van der Waals surface area contributed by atoms with Gasteiger partial charge in [0.25, 0.3) is 0 Å². The number of methoxy groups -OCH3 is 1. The zero-order valence-electron chi connectivity index (χ0n) is 11.3. The van der Waals surface area contributed by atoms with Crippen molar-refractivity contribution in [1.29, 1.82) is 0 Å². The molecule has 1 aromatic carbocycles.